The lowest BCUT2D eigenvalue weighted by atomic mass is 9.97. The highest BCUT2D eigenvalue weighted by atomic mass is 19.1. The molecule has 0 bridgehead atoms. The van der Waals surface area contributed by atoms with Crippen LogP contribution in [0.15, 0.2) is 24.3 Å². The van der Waals surface area contributed by atoms with Crippen LogP contribution in [0.5, 0.6) is 0 Å². The van der Waals surface area contributed by atoms with Crippen molar-refractivity contribution in [1.82, 2.24) is 0 Å². The summed E-state index contributed by atoms with van der Waals surface area (Å²) < 4.78 is 40.8. The average molecular weight is 449 g/mol. The van der Waals surface area contributed by atoms with Gasteiger partial charge in [0.15, 0.2) is 0 Å². The van der Waals surface area contributed by atoms with Crippen LogP contribution in [0, 0.1) is 36.2 Å². The van der Waals surface area contributed by atoms with Crippen molar-refractivity contribution in [2.45, 2.75) is 99.8 Å². The van der Waals surface area contributed by atoms with Crippen molar-refractivity contribution in [2.75, 3.05) is 0 Å². The first-order chi connectivity index (χ1) is 15.1. The van der Waals surface area contributed by atoms with Crippen molar-refractivity contribution < 1.29 is 13.2 Å². The van der Waals surface area contributed by atoms with Crippen molar-refractivity contribution in [2.24, 2.45) is 11.8 Å². The van der Waals surface area contributed by atoms with Gasteiger partial charge in [-0.05, 0) is 103 Å². The van der Waals surface area contributed by atoms with E-state index in [9.17, 15) is 13.2 Å². The van der Waals surface area contributed by atoms with Crippen LogP contribution in [0.3, 0.4) is 0 Å². The fraction of sp³-hybridized carbons (Fsp3) is 0.586. The summed E-state index contributed by atoms with van der Waals surface area (Å²) in [6, 6.07) is 6.54. The molecule has 0 N–H and O–H groups in total. The molecule has 0 saturated carbocycles. The summed E-state index contributed by atoms with van der Waals surface area (Å²) in [4.78, 5) is 0. The van der Waals surface area contributed by atoms with Gasteiger partial charge in [0, 0.05) is 0 Å². The van der Waals surface area contributed by atoms with Crippen molar-refractivity contribution in [3.8, 4) is 0 Å². The summed E-state index contributed by atoms with van der Waals surface area (Å²) in [5.41, 5.74) is 4.08. The standard InChI is InChI=1S/C15H22F2.C14H21F/c1-4-12-9-15(17)13(10-14(12)16)8-6-5-7-11(2)3;1-5-13-11(4)8-12(9-14(13)15)7-6-10(2)3/h9-11H,4-8H2,1-3H3;8-10H,5-7H2,1-4H3. The predicted molar refractivity (Wildman–Crippen MR) is 132 cm³/mol. The van der Waals surface area contributed by atoms with Crippen LogP contribution in [-0.4, -0.2) is 0 Å². The van der Waals surface area contributed by atoms with E-state index in [2.05, 4.69) is 33.8 Å². The van der Waals surface area contributed by atoms with Crippen LogP contribution >= 0.6 is 0 Å². The van der Waals surface area contributed by atoms with Gasteiger partial charge in [-0.3, -0.25) is 0 Å². The molecule has 2 rings (SSSR count). The Morgan fingerprint density at radius 2 is 1.25 bits per heavy atom. The molecule has 0 saturated heterocycles. The van der Waals surface area contributed by atoms with Gasteiger partial charge in [-0.2, -0.15) is 0 Å². The lowest BCUT2D eigenvalue weighted by molar-refractivity contribution is 0.527. The minimum Gasteiger partial charge on any atom is -0.207 e. The maximum atomic E-state index is 13.6. The summed E-state index contributed by atoms with van der Waals surface area (Å²) in [5.74, 6) is 0.801. The summed E-state index contributed by atoms with van der Waals surface area (Å²) in [6.07, 6.45) is 7.23. The van der Waals surface area contributed by atoms with Crippen LogP contribution < -0.4 is 0 Å². The third kappa shape index (κ3) is 9.79. The van der Waals surface area contributed by atoms with Gasteiger partial charge in [-0.1, -0.05) is 60.5 Å². The van der Waals surface area contributed by atoms with E-state index in [4.69, 9.17) is 0 Å². The zero-order chi connectivity index (χ0) is 24.3. The van der Waals surface area contributed by atoms with Gasteiger partial charge in [0.05, 0.1) is 0 Å². The predicted octanol–water partition coefficient (Wildman–Crippen LogP) is 9.18. The number of rotatable bonds is 10. The lowest BCUT2D eigenvalue weighted by Crippen LogP contribution is -1.98. The van der Waals surface area contributed by atoms with E-state index >= 15 is 0 Å². The van der Waals surface area contributed by atoms with E-state index in [1.54, 1.807) is 6.07 Å². The number of benzene rings is 2. The molecule has 0 unspecified atom stereocenters. The van der Waals surface area contributed by atoms with Crippen LogP contribution in [0.2, 0.25) is 0 Å². The van der Waals surface area contributed by atoms with Crippen molar-refractivity contribution >= 4 is 0 Å². The van der Waals surface area contributed by atoms with E-state index < -0.39 is 0 Å². The Morgan fingerprint density at radius 1 is 0.656 bits per heavy atom. The SMILES string of the molecule is CCc1c(C)cc(CCC(C)C)cc1F.CCc1cc(F)c(CCCCC(C)C)cc1F. The Bertz CT molecular complexity index is 798. The van der Waals surface area contributed by atoms with Gasteiger partial charge < -0.3 is 0 Å². The smallest absolute Gasteiger partial charge is 0.126 e. The molecule has 0 amide bonds. The highest BCUT2D eigenvalue weighted by molar-refractivity contribution is 5.32. The van der Waals surface area contributed by atoms with Gasteiger partial charge in [0.1, 0.15) is 17.5 Å². The molecule has 0 aliphatic carbocycles. The number of aryl methyl sites for hydroxylation is 4. The third-order valence-electron chi connectivity index (χ3n) is 5.92. The Hall–Kier alpha value is -1.77. The molecule has 180 valence electrons. The normalized spacial score (nSPS) is 11.1. The lowest BCUT2D eigenvalue weighted by Gasteiger charge is -2.09. The Labute approximate surface area is 194 Å². The van der Waals surface area contributed by atoms with Gasteiger partial charge in [0.25, 0.3) is 0 Å². The molecule has 0 aromatic heterocycles. The third-order valence-corrected chi connectivity index (χ3v) is 5.92. The van der Waals surface area contributed by atoms with Crippen LogP contribution in [-0.2, 0) is 25.7 Å². The van der Waals surface area contributed by atoms with Crippen LogP contribution in [0.1, 0.15) is 95.0 Å². The molecule has 0 nitrogen and oxygen atoms in total. The second-order valence-corrected chi connectivity index (χ2v) is 9.69. The fourth-order valence-corrected chi connectivity index (χ4v) is 3.85. The van der Waals surface area contributed by atoms with Crippen molar-refractivity contribution in [3.05, 3.63) is 69.5 Å². The number of halogens is 3. The van der Waals surface area contributed by atoms with Gasteiger partial charge in [-0.25, -0.2) is 13.2 Å². The molecule has 0 fully saturated rings. The second-order valence-electron chi connectivity index (χ2n) is 9.69. The first-order valence-corrected chi connectivity index (χ1v) is 12.3. The molecular formula is C29H43F3. The summed E-state index contributed by atoms with van der Waals surface area (Å²) in [6.45, 7) is 14.6. The largest absolute Gasteiger partial charge is 0.207 e. The minimum atomic E-state index is -0.271. The zero-order valence-electron chi connectivity index (χ0n) is 21.3. The molecule has 0 aliphatic heterocycles. The van der Waals surface area contributed by atoms with Crippen LogP contribution in [0.4, 0.5) is 13.2 Å². The van der Waals surface area contributed by atoms with E-state index in [0.717, 1.165) is 55.2 Å². The molecule has 2 aromatic carbocycles. The second kappa shape index (κ2) is 14.4. The first kappa shape index (κ1) is 28.3. The summed E-state index contributed by atoms with van der Waals surface area (Å²) >= 11 is 0. The average Bonchev–Trinajstić information content (AvgIpc) is 2.72. The van der Waals surface area contributed by atoms with E-state index in [1.807, 2.05) is 20.8 Å². The Kier molecular flexibility index (Phi) is 12.7. The van der Waals surface area contributed by atoms with Crippen molar-refractivity contribution in [1.29, 1.82) is 0 Å². The van der Waals surface area contributed by atoms with E-state index in [0.29, 0.717) is 35.8 Å². The molecule has 32 heavy (non-hydrogen) atoms. The highest BCUT2D eigenvalue weighted by Crippen LogP contribution is 2.20. The van der Waals surface area contributed by atoms with Gasteiger partial charge in [-0.15, -0.1) is 0 Å². The number of unbranched alkanes of at least 4 members (excludes halogenated alkanes) is 1. The van der Waals surface area contributed by atoms with Crippen molar-refractivity contribution in [3.63, 3.8) is 0 Å². The van der Waals surface area contributed by atoms with Crippen LogP contribution in [0.25, 0.3) is 0 Å². The monoisotopic (exact) mass is 448 g/mol. The molecule has 2 aromatic rings. The van der Waals surface area contributed by atoms with E-state index in [1.165, 1.54) is 12.1 Å². The minimum absolute atomic E-state index is 0.0312. The molecule has 0 atom stereocenters. The van der Waals surface area contributed by atoms with Gasteiger partial charge >= 0.3 is 0 Å². The Balaban J connectivity index is 0.000000323. The topological polar surface area (TPSA) is 0 Å². The maximum Gasteiger partial charge on any atom is 0.126 e. The molecule has 0 aliphatic rings. The summed E-state index contributed by atoms with van der Waals surface area (Å²) in [7, 11) is 0. The number of hydrogen-bond acceptors (Lipinski definition) is 0. The molecular weight excluding hydrogens is 405 g/mol. The van der Waals surface area contributed by atoms with Gasteiger partial charge in [0.2, 0.25) is 0 Å². The highest BCUT2D eigenvalue weighted by Gasteiger charge is 2.09. The number of hydrogen-bond donors (Lipinski definition) is 0. The molecule has 3 heteroatoms. The first-order valence-electron chi connectivity index (χ1n) is 12.3. The quantitative estimate of drug-likeness (QED) is 0.318. The maximum absolute atomic E-state index is 13.6. The summed E-state index contributed by atoms with van der Waals surface area (Å²) in [5, 5.41) is 0. The molecule has 0 spiro atoms. The van der Waals surface area contributed by atoms with E-state index in [-0.39, 0.29) is 17.5 Å². The zero-order valence-corrected chi connectivity index (χ0v) is 21.3. The fourth-order valence-electron chi connectivity index (χ4n) is 3.85. The Morgan fingerprint density at radius 3 is 1.78 bits per heavy atom. The molecule has 0 heterocycles. The molecule has 0 radical (unpaired) electrons.